The maximum atomic E-state index is 13.6. The van der Waals surface area contributed by atoms with Crippen molar-refractivity contribution in [2.45, 2.75) is 30.7 Å². The molecule has 1 saturated carbocycles. The standard InChI is InChI=1S/C20H18F3N7O3/c21-14-2-1-13(5-12(14)6-24)26-16(31)11-3-4-30(8-11)18(33)17(32)27-19(9-20(22,23)10-19)15-7-25-29-28-15/h1-2,5,7,11H,3-4,8-10H2,(H,26,31)(H,27,32)(H,25,28,29). The number of benzene rings is 1. The minimum atomic E-state index is -3.00. The molecule has 13 heteroatoms. The molecule has 1 unspecified atom stereocenters. The third kappa shape index (κ3) is 4.36. The lowest BCUT2D eigenvalue weighted by atomic mass is 9.71. The maximum Gasteiger partial charge on any atom is 0.311 e. The van der Waals surface area contributed by atoms with Crippen molar-refractivity contribution in [1.29, 1.82) is 5.26 Å². The van der Waals surface area contributed by atoms with Gasteiger partial charge in [-0.2, -0.15) is 20.7 Å². The Bertz CT molecular complexity index is 1140. The van der Waals surface area contributed by atoms with Crippen LogP contribution in [0.5, 0.6) is 0 Å². The van der Waals surface area contributed by atoms with Gasteiger partial charge in [-0.15, -0.1) is 0 Å². The number of carbonyl (C=O) groups is 3. The van der Waals surface area contributed by atoms with Crippen LogP contribution < -0.4 is 10.6 Å². The van der Waals surface area contributed by atoms with E-state index in [1.54, 1.807) is 6.07 Å². The molecule has 1 aromatic carbocycles. The average Bonchev–Trinajstić information content (AvgIpc) is 3.45. The lowest BCUT2D eigenvalue weighted by Gasteiger charge is -2.46. The molecular formula is C20H18F3N7O3. The Morgan fingerprint density at radius 2 is 2.03 bits per heavy atom. The minimum absolute atomic E-state index is 0.0580. The fraction of sp³-hybridized carbons (Fsp3) is 0.400. The number of aromatic nitrogens is 3. The van der Waals surface area contributed by atoms with Crippen molar-refractivity contribution in [3.8, 4) is 6.07 Å². The molecule has 2 aromatic rings. The normalized spacial score (nSPS) is 20.4. The van der Waals surface area contributed by atoms with Crippen LogP contribution in [0.2, 0.25) is 0 Å². The summed E-state index contributed by atoms with van der Waals surface area (Å²) in [5, 5.41) is 23.5. The van der Waals surface area contributed by atoms with E-state index in [4.69, 9.17) is 5.26 Å². The molecule has 2 fully saturated rings. The highest BCUT2D eigenvalue weighted by Crippen LogP contribution is 2.50. The number of carbonyl (C=O) groups excluding carboxylic acids is 3. The number of nitrogens with one attached hydrogen (secondary N) is 3. The van der Waals surface area contributed by atoms with E-state index in [-0.39, 0.29) is 36.5 Å². The molecule has 4 rings (SSSR count). The first kappa shape index (κ1) is 22.3. The SMILES string of the molecule is N#Cc1cc(NC(=O)C2CCN(C(=O)C(=O)NC3(c4cn[nH]n4)CC(F)(F)C3)C2)ccc1F. The molecule has 0 bridgehead atoms. The zero-order chi connectivity index (χ0) is 23.8. The highest BCUT2D eigenvalue weighted by atomic mass is 19.3. The molecule has 2 aliphatic rings. The number of H-pyrrole nitrogens is 1. The number of alkyl halides is 2. The summed E-state index contributed by atoms with van der Waals surface area (Å²) in [6, 6.07) is 5.22. The first-order chi connectivity index (χ1) is 15.6. The Morgan fingerprint density at radius 1 is 1.27 bits per heavy atom. The fourth-order valence-electron chi connectivity index (χ4n) is 4.10. The Labute approximate surface area is 185 Å². The second-order valence-corrected chi connectivity index (χ2v) is 8.13. The topological polar surface area (TPSA) is 144 Å². The molecule has 3 N–H and O–H groups in total. The second kappa shape index (κ2) is 8.19. The maximum absolute atomic E-state index is 13.6. The van der Waals surface area contributed by atoms with E-state index < -0.39 is 53.8 Å². The van der Waals surface area contributed by atoms with Crippen LogP contribution in [0, 0.1) is 23.1 Å². The minimum Gasteiger partial charge on any atom is -0.336 e. The Kier molecular flexibility index (Phi) is 5.52. The van der Waals surface area contributed by atoms with Gasteiger partial charge in [0.2, 0.25) is 5.91 Å². The summed E-state index contributed by atoms with van der Waals surface area (Å²) in [5.74, 6) is -6.85. The highest BCUT2D eigenvalue weighted by molar-refractivity contribution is 6.35. The summed E-state index contributed by atoms with van der Waals surface area (Å²) in [6.07, 6.45) is 0.0604. The molecule has 0 radical (unpaired) electrons. The number of likely N-dealkylation sites (tertiary alicyclic amines) is 1. The molecule has 1 atom stereocenters. The van der Waals surface area contributed by atoms with Crippen molar-refractivity contribution >= 4 is 23.4 Å². The Balaban J connectivity index is 1.37. The average molecular weight is 461 g/mol. The van der Waals surface area contributed by atoms with Gasteiger partial charge in [0.25, 0.3) is 5.92 Å². The van der Waals surface area contributed by atoms with Crippen molar-refractivity contribution in [3.05, 3.63) is 41.5 Å². The molecular weight excluding hydrogens is 443 g/mol. The van der Waals surface area contributed by atoms with Crippen molar-refractivity contribution in [1.82, 2.24) is 25.6 Å². The van der Waals surface area contributed by atoms with Crippen molar-refractivity contribution in [2.24, 2.45) is 5.92 Å². The van der Waals surface area contributed by atoms with E-state index >= 15 is 0 Å². The Hall–Kier alpha value is -3.95. The van der Waals surface area contributed by atoms with Gasteiger partial charge in [-0.3, -0.25) is 14.4 Å². The first-order valence-corrected chi connectivity index (χ1v) is 9.98. The number of nitriles is 1. The van der Waals surface area contributed by atoms with Gasteiger partial charge in [-0.05, 0) is 24.6 Å². The van der Waals surface area contributed by atoms with Crippen LogP contribution in [0.15, 0.2) is 24.4 Å². The van der Waals surface area contributed by atoms with Crippen molar-refractivity contribution < 1.29 is 27.6 Å². The molecule has 1 aliphatic heterocycles. The molecule has 1 saturated heterocycles. The summed E-state index contributed by atoms with van der Waals surface area (Å²) >= 11 is 0. The second-order valence-electron chi connectivity index (χ2n) is 8.13. The van der Waals surface area contributed by atoms with Gasteiger partial charge in [0.1, 0.15) is 17.6 Å². The smallest absolute Gasteiger partial charge is 0.311 e. The summed E-state index contributed by atoms with van der Waals surface area (Å²) in [7, 11) is 0. The van der Waals surface area contributed by atoms with Crippen LogP contribution >= 0.6 is 0 Å². The number of aromatic amines is 1. The van der Waals surface area contributed by atoms with Gasteiger partial charge in [-0.25, -0.2) is 13.2 Å². The summed E-state index contributed by atoms with van der Waals surface area (Å²) in [4.78, 5) is 38.8. The van der Waals surface area contributed by atoms with Gasteiger partial charge in [-0.1, -0.05) is 0 Å². The predicted octanol–water partition coefficient (Wildman–Crippen LogP) is 1.04. The van der Waals surface area contributed by atoms with Crippen molar-refractivity contribution in [3.63, 3.8) is 0 Å². The van der Waals surface area contributed by atoms with Gasteiger partial charge in [0.15, 0.2) is 0 Å². The van der Waals surface area contributed by atoms with Crippen LogP contribution in [0.3, 0.4) is 0 Å². The van der Waals surface area contributed by atoms with E-state index in [2.05, 4.69) is 26.0 Å². The van der Waals surface area contributed by atoms with Gasteiger partial charge >= 0.3 is 11.8 Å². The zero-order valence-corrected chi connectivity index (χ0v) is 17.1. The molecule has 1 aliphatic carbocycles. The molecule has 172 valence electrons. The van der Waals surface area contributed by atoms with Crippen LogP contribution in [0.25, 0.3) is 0 Å². The summed E-state index contributed by atoms with van der Waals surface area (Å²) < 4.78 is 40.6. The van der Waals surface area contributed by atoms with Crippen LogP contribution in [-0.4, -0.2) is 57.0 Å². The quantitative estimate of drug-likeness (QED) is 0.581. The summed E-state index contributed by atoms with van der Waals surface area (Å²) in [5.41, 5.74) is -1.40. The monoisotopic (exact) mass is 461 g/mol. The summed E-state index contributed by atoms with van der Waals surface area (Å²) in [6.45, 7) is 0.0574. The van der Waals surface area contributed by atoms with Crippen LogP contribution in [-0.2, 0) is 19.9 Å². The number of anilines is 1. The predicted molar refractivity (Wildman–Crippen MR) is 105 cm³/mol. The number of nitrogens with zero attached hydrogens (tertiary/aromatic N) is 4. The van der Waals surface area contributed by atoms with E-state index in [0.717, 1.165) is 11.0 Å². The molecule has 1 aromatic heterocycles. The van der Waals surface area contributed by atoms with Gasteiger partial charge in [0, 0.05) is 31.6 Å². The van der Waals surface area contributed by atoms with Gasteiger partial charge < -0.3 is 15.5 Å². The molecule has 0 spiro atoms. The third-order valence-corrected chi connectivity index (χ3v) is 5.77. The largest absolute Gasteiger partial charge is 0.336 e. The Morgan fingerprint density at radius 3 is 2.67 bits per heavy atom. The van der Waals surface area contributed by atoms with E-state index in [1.165, 1.54) is 18.3 Å². The number of hydrogen-bond donors (Lipinski definition) is 3. The van der Waals surface area contributed by atoms with E-state index in [1.807, 2.05) is 0 Å². The van der Waals surface area contributed by atoms with Crippen molar-refractivity contribution in [2.75, 3.05) is 18.4 Å². The lowest BCUT2D eigenvalue weighted by Crippen LogP contribution is -2.62. The molecule has 33 heavy (non-hydrogen) atoms. The number of halogens is 3. The molecule has 3 amide bonds. The first-order valence-electron chi connectivity index (χ1n) is 9.98. The van der Waals surface area contributed by atoms with Gasteiger partial charge in [0.05, 0.1) is 23.2 Å². The van der Waals surface area contributed by atoms with E-state index in [0.29, 0.717) is 0 Å². The zero-order valence-electron chi connectivity index (χ0n) is 17.1. The van der Waals surface area contributed by atoms with Crippen LogP contribution in [0.1, 0.15) is 30.5 Å². The molecule has 2 heterocycles. The third-order valence-electron chi connectivity index (χ3n) is 5.77. The number of amides is 3. The fourth-order valence-corrected chi connectivity index (χ4v) is 4.10. The lowest BCUT2D eigenvalue weighted by molar-refractivity contribution is -0.159. The highest BCUT2D eigenvalue weighted by Gasteiger charge is 2.60. The molecule has 10 nitrogen and oxygen atoms in total. The van der Waals surface area contributed by atoms with Crippen LogP contribution in [0.4, 0.5) is 18.9 Å². The number of hydrogen-bond acceptors (Lipinski definition) is 6. The number of rotatable bonds is 4. The van der Waals surface area contributed by atoms with E-state index in [9.17, 15) is 27.6 Å².